The molecule has 1 amide bonds. The third kappa shape index (κ3) is 5.29. The zero-order valence-corrected chi connectivity index (χ0v) is 17.4. The van der Waals surface area contributed by atoms with Crippen molar-refractivity contribution in [3.8, 4) is 0 Å². The molecule has 28 heavy (non-hydrogen) atoms. The van der Waals surface area contributed by atoms with Gasteiger partial charge in [0.25, 0.3) is 5.91 Å². The van der Waals surface area contributed by atoms with Gasteiger partial charge in [-0.15, -0.1) is 23.5 Å². The molecule has 1 fully saturated rings. The average Bonchev–Trinajstić information content (AvgIpc) is 2.71. The maximum absolute atomic E-state index is 13.6. The van der Waals surface area contributed by atoms with Crippen LogP contribution in [0.2, 0.25) is 0 Å². The van der Waals surface area contributed by atoms with Gasteiger partial charge >= 0.3 is 5.97 Å². The summed E-state index contributed by atoms with van der Waals surface area (Å²) < 4.78 is 19.2. The van der Waals surface area contributed by atoms with Gasteiger partial charge in [0, 0.05) is 5.69 Å². The van der Waals surface area contributed by atoms with Crippen molar-refractivity contribution in [1.29, 1.82) is 0 Å². The van der Waals surface area contributed by atoms with E-state index in [-0.39, 0.29) is 0 Å². The molecule has 0 bridgehead atoms. The van der Waals surface area contributed by atoms with Gasteiger partial charge in [-0.3, -0.25) is 4.79 Å². The normalized spacial score (nSPS) is 15.7. The summed E-state index contributed by atoms with van der Waals surface area (Å²) in [5.41, 5.74) is 2.39. The molecule has 0 spiro atoms. The Labute approximate surface area is 172 Å². The first-order valence-corrected chi connectivity index (χ1v) is 11.1. The van der Waals surface area contributed by atoms with Crippen LogP contribution in [0.4, 0.5) is 10.1 Å². The van der Waals surface area contributed by atoms with E-state index in [0.29, 0.717) is 21.4 Å². The second kappa shape index (κ2) is 9.47. The molecule has 1 aliphatic heterocycles. The first-order chi connectivity index (χ1) is 13.4. The number of carbonyl (C=O) groups excluding carboxylic acids is 2. The minimum Gasteiger partial charge on any atom is -0.449 e. The monoisotopic (exact) mass is 419 g/mol. The van der Waals surface area contributed by atoms with E-state index >= 15 is 0 Å². The Bertz CT molecular complexity index is 851. The van der Waals surface area contributed by atoms with Gasteiger partial charge in [0.05, 0.1) is 10.1 Å². The van der Waals surface area contributed by atoms with Crippen LogP contribution in [0.5, 0.6) is 0 Å². The standard InChI is InChI=1S/C21H22FNO3S2/c1-13-4-9-17(12-18(13)22)23-19(24)14(2)26-20(25)15-5-7-16(8-6-15)21-27-10-3-11-28-21/h4-9,12,14,21H,3,10-11H2,1-2H3,(H,23,24)/t14-/m1/s1. The maximum atomic E-state index is 13.6. The minimum absolute atomic E-state index is 0.322. The summed E-state index contributed by atoms with van der Waals surface area (Å²) in [5, 5.41) is 2.56. The molecule has 2 aromatic rings. The van der Waals surface area contributed by atoms with Crippen molar-refractivity contribution in [1.82, 2.24) is 0 Å². The number of halogens is 1. The first kappa shape index (κ1) is 20.7. The third-order valence-corrected chi connectivity index (χ3v) is 7.35. The summed E-state index contributed by atoms with van der Waals surface area (Å²) in [6.07, 6.45) is 0.229. The predicted octanol–water partition coefficient (Wildman–Crippen LogP) is 5.19. The Morgan fingerprint density at radius 2 is 1.82 bits per heavy atom. The van der Waals surface area contributed by atoms with E-state index in [4.69, 9.17) is 4.74 Å². The molecule has 0 aromatic heterocycles. The van der Waals surface area contributed by atoms with Crippen LogP contribution in [0.3, 0.4) is 0 Å². The molecule has 1 heterocycles. The van der Waals surface area contributed by atoms with E-state index < -0.39 is 23.8 Å². The number of carbonyl (C=O) groups is 2. The van der Waals surface area contributed by atoms with Crippen LogP contribution >= 0.6 is 23.5 Å². The minimum atomic E-state index is -0.999. The molecule has 2 aromatic carbocycles. The number of anilines is 1. The van der Waals surface area contributed by atoms with Crippen molar-refractivity contribution in [3.05, 3.63) is 65.0 Å². The highest BCUT2D eigenvalue weighted by molar-refractivity contribution is 8.16. The Balaban J connectivity index is 1.56. The lowest BCUT2D eigenvalue weighted by molar-refractivity contribution is -0.123. The van der Waals surface area contributed by atoms with Crippen molar-refractivity contribution in [2.24, 2.45) is 0 Å². The van der Waals surface area contributed by atoms with Gasteiger partial charge in [-0.05, 0) is 67.2 Å². The van der Waals surface area contributed by atoms with Crippen molar-refractivity contribution in [2.75, 3.05) is 16.8 Å². The van der Waals surface area contributed by atoms with Crippen LogP contribution in [0.1, 0.15) is 39.4 Å². The van der Waals surface area contributed by atoms with Crippen molar-refractivity contribution in [3.63, 3.8) is 0 Å². The Hall–Kier alpha value is -1.99. The van der Waals surface area contributed by atoms with E-state index in [0.717, 1.165) is 11.5 Å². The van der Waals surface area contributed by atoms with Crippen LogP contribution in [-0.2, 0) is 9.53 Å². The number of hydrogen-bond acceptors (Lipinski definition) is 5. The lowest BCUT2D eigenvalue weighted by atomic mass is 10.1. The lowest BCUT2D eigenvalue weighted by Gasteiger charge is -2.21. The van der Waals surface area contributed by atoms with Gasteiger partial charge in [0.1, 0.15) is 5.82 Å². The molecule has 1 N–H and O–H groups in total. The fourth-order valence-corrected chi connectivity index (χ4v) is 5.55. The fourth-order valence-electron chi connectivity index (χ4n) is 2.65. The molecule has 148 valence electrons. The van der Waals surface area contributed by atoms with Crippen LogP contribution in [0.15, 0.2) is 42.5 Å². The van der Waals surface area contributed by atoms with Gasteiger partial charge in [0.2, 0.25) is 0 Å². The van der Waals surface area contributed by atoms with Gasteiger partial charge < -0.3 is 10.1 Å². The number of rotatable bonds is 5. The first-order valence-electron chi connectivity index (χ1n) is 9.05. The summed E-state index contributed by atoms with van der Waals surface area (Å²) >= 11 is 3.83. The Kier molecular flexibility index (Phi) is 7.02. The topological polar surface area (TPSA) is 55.4 Å². The highest BCUT2D eigenvalue weighted by Crippen LogP contribution is 2.43. The molecule has 1 saturated heterocycles. The van der Waals surface area contributed by atoms with Crippen LogP contribution < -0.4 is 5.32 Å². The van der Waals surface area contributed by atoms with Crippen LogP contribution in [0.25, 0.3) is 0 Å². The zero-order valence-electron chi connectivity index (χ0n) is 15.7. The highest BCUT2D eigenvalue weighted by atomic mass is 32.2. The number of hydrogen-bond donors (Lipinski definition) is 1. The maximum Gasteiger partial charge on any atom is 0.338 e. The number of thioether (sulfide) groups is 2. The van der Waals surface area contributed by atoms with E-state index in [1.165, 1.54) is 25.0 Å². The van der Waals surface area contributed by atoms with E-state index in [9.17, 15) is 14.0 Å². The number of ether oxygens (including phenoxy) is 1. The summed E-state index contributed by atoms with van der Waals surface area (Å²) in [5.74, 6) is 0.825. The fraction of sp³-hybridized carbons (Fsp3) is 0.333. The van der Waals surface area contributed by atoms with Crippen molar-refractivity contribution >= 4 is 41.1 Å². The Morgan fingerprint density at radius 1 is 1.14 bits per heavy atom. The molecule has 1 atom stereocenters. The van der Waals surface area contributed by atoms with E-state index in [1.54, 1.807) is 31.2 Å². The number of aryl methyl sites for hydroxylation is 1. The van der Waals surface area contributed by atoms with E-state index in [2.05, 4.69) is 5.32 Å². The SMILES string of the molecule is Cc1ccc(NC(=O)[C@@H](C)OC(=O)c2ccc(C3SCCCS3)cc2)cc1F. The third-order valence-electron chi connectivity index (χ3n) is 4.34. The van der Waals surface area contributed by atoms with Gasteiger partial charge in [-0.25, -0.2) is 9.18 Å². The van der Waals surface area contributed by atoms with Gasteiger partial charge in [-0.1, -0.05) is 18.2 Å². The quantitative estimate of drug-likeness (QED) is 0.676. The molecular weight excluding hydrogens is 397 g/mol. The van der Waals surface area contributed by atoms with Gasteiger partial charge in [-0.2, -0.15) is 0 Å². The van der Waals surface area contributed by atoms with E-state index in [1.807, 2.05) is 35.7 Å². The number of nitrogens with one attached hydrogen (secondary N) is 1. The van der Waals surface area contributed by atoms with Crippen molar-refractivity contribution < 1.29 is 18.7 Å². The Morgan fingerprint density at radius 3 is 2.46 bits per heavy atom. The molecule has 3 rings (SSSR count). The molecule has 0 unspecified atom stereocenters. The molecule has 7 heteroatoms. The second-order valence-corrected chi connectivity index (χ2v) is 9.27. The second-order valence-electron chi connectivity index (χ2n) is 6.55. The zero-order chi connectivity index (χ0) is 20.1. The summed E-state index contributed by atoms with van der Waals surface area (Å²) in [6.45, 7) is 3.13. The summed E-state index contributed by atoms with van der Waals surface area (Å²) in [7, 11) is 0. The summed E-state index contributed by atoms with van der Waals surface area (Å²) in [4.78, 5) is 24.5. The predicted molar refractivity (Wildman–Crippen MR) is 113 cm³/mol. The van der Waals surface area contributed by atoms with Crippen LogP contribution in [-0.4, -0.2) is 29.5 Å². The molecule has 0 aliphatic carbocycles. The smallest absolute Gasteiger partial charge is 0.338 e. The number of esters is 1. The lowest BCUT2D eigenvalue weighted by Crippen LogP contribution is -2.30. The molecule has 0 saturated carbocycles. The largest absolute Gasteiger partial charge is 0.449 e. The highest BCUT2D eigenvalue weighted by Gasteiger charge is 2.21. The van der Waals surface area contributed by atoms with Crippen molar-refractivity contribution in [2.45, 2.75) is 31.0 Å². The molecule has 0 radical (unpaired) electrons. The average molecular weight is 420 g/mol. The molecule has 1 aliphatic rings. The number of amides is 1. The summed E-state index contributed by atoms with van der Waals surface area (Å²) in [6, 6.07) is 11.7. The molecule has 4 nitrogen and oxygen atoms in total. The number of benzene rings is 2. The van der Waals surface area contributed by atoms with Crippen LogP contribution in [0, 0.1) is 12.7 Å². The van der Waals surface area contributed by atoms with Gasteiger partial charge in [0.15, 0.2) is 6.10 Å². The molecular formula is C21H22FNO3S2.